The zero-order valence-electron chi connectivity index (χ0n) is 11.0. The van der Waals surface area contributed by atoms with E-state index >= 15 is 0 Å². The molecule has 1 N–H and O–H groups in total. The highest BCUT2D eigenvalue weighted by Gasteiger charge is 2.08. The van der Waals surface area contributed by atoms with Crippen LogP contribution in [0.1, 0.15) is 10.4 Å². The molecule has 0 atom stereocenters. The Balaban J connectivity index is 2.19. The third-order valence-electron chi connectivity index (χ3n) is 2.66. The van der Waals surface area contributed by atoms with Crippen LogP contribution >= 0.6 is 23.4 Å². The van der Waals surface area contributed by atoms with Gasteiger partial charge in [-0.3, -0.25) is 4.79 Å². The molecule has 0 unspecified atom stereocenters. The summed E-state index contributed by atoms with van der Waals surface area (Å²) in [6.07, 6.45) is 3.49. The molecule has 2 rings (SSSR count). The lowest BCUT2D eigenvalue weighted by atomic mass is 10.1. The van der Waals surface area contributed by atoms with E-state index < -0.39 is 0 Å². The molecule has 102 valence electrons. The highest BCUT2D eigenvalue weighted by molar-refractivity contribution is 8.02. The van der Waals surface area contributed by atoms with Crippen molar-refractivity contribution in [3.05, 3.63) is 76.3 Å². The van der Waals surface area contributed by atoms with Crippen molar-refractivity contribution in [1.29, 1.82) is 0 Å². The first-order valence-corrected chi connectivity index (χ1v) is 7.67. The Bertz CT molecular complexity index is 625. The monoisotopic (exact) mass is 303 g/mol. The van der Waals surface area contributed by atoms with Gasteiger partial charge >= 0.3 is 0 Å². The third kappa shape index (κ3) is 3.89. The number of carbonyl (C=O) groups is 1. The highest BCUT2D eigenvalue weighted by atomic mass is 35.5. The molecule has 2 aromatic rings. The van der Waals surface area contributed by atoms with Crippen LogP contribution in [0.4, 0.5) is 5.69 Å². The predicted molar refractivity (Wildman–Crippen MR) is 87.4 cm³/mol. The van der Waals surface area contributed by atoms with E-state index in [1.165, 1.54) is 11.8 Å². The predicted octanol–water partition coefficient (Wildman–Crippen LogP) is 4.84. The van der Waals surface area contributed by atoms with Crippen LogP contribution in [0.5, 0.6) is 0 Å². The standard InChI is InChI=1S/C16H14ClNOS/c1-20-16(18-12-7-3-2-4-8-12)11-15(19)13-9-5-6-10-14(13)17/h2-11,18H,1H3/b16-11+. The van der Waals surface area contributed by atoms with Gasteiger partial charge in [0.1, 0.15) is 0 Å². The number of hydrogen-bond acceptors (Lipinski definition) is 3. The molecule has 0 aliphatic heterocycles. The van der Waals surface area contributed by atoms with E-state index in [1.807, 2.05) is 36.6 Å². The number of para-hydroxylation sites is 1. The Morgan fingerprint density at radius 3 is 2.40 bits per heavy atom. The first-order valence-electron chi connectivity index (χ1n) is 6.07. The normalized spacial score (nSPS) is 11.2. The van der Waals surface area contributed by atoms with Gasteiger partial charge in [-0.25, -0.2) is 0 Å². The summed E-state index contributed by atoms with van der Waals surface area (Å²) in [6, 6.07) is 16.8. The molecule has 0 saturated carbocycles. The number of hydrogen-bond donors (Lipinski definition) is 1. The fourth-order valence-electron chi connectivity index (χ4n) is 1.67. The Morgan fingerprint density at radius 2 is 1.75 bits per heavy atom. The molecule has 0 radical (unpaired) electrons. The van der Waals surface area contributed by atoms with E-state index in [1.54, 1.807) is 30.3 Å². The second kappa shape index (κ2) is 7.17. The number of carbonyl (C=O) groups excluding carboxylic acids is 1. The van der Waals surface area contributed by atoms with Gasteiger partial charge in [-0.1, -0.05) is 41.9 Å². The van der Waals surface area contributed by atoms with Crippen LogP contribution < -0.4 is 5.32 Å². The first-order chi connectivity index (χ1) is 9.70. The van der Waals surface area contributed by atoms with E-state index in [4.69, 9.17) is 11.6 Å². The lowest BCUT2D eigenvalue weighted by molar-refractivity contribution is 0.104. The van der Waals surface area contributed by atoms with Gasteiger partial charge in [0.15, 0.2) is 5.78 Å². The van der Waals surface area contributed by atoms with E-state index in [2.05, 4.69) is 5.32 Å². The fourth-order valence-corrected chi connectivity index (χ4v) is 2.34. The van der Waals surface area contributed by atoms with E-state index in [9.17, 15) is 4.79 Å². The zero-order chi connectivity index (χ0) is 14.4. The van der Waals surface area contributed by atoms with E-state index in [-0.39, 0.29) is 5.78 Å². The van der Waals surface area contributed by atoms with Crippen LogP contribution in [0.2, 0.25) is 5.02 Å². The lowest BCUT2D eigenvalue weighted by Gasteiger charge is -2.08. The maximum absolute atomic E-state index is 12.2. The molecule has 0 amide bonds. The van der Waals surface area contributed by atoms with Gasteiger partial charge in [0.05, 0.1) is 10.1 Å². The van der Waals surface area contributed by atoms with Crippen molar-refractivity contribution in [2.75, 3.05) is 11.6 Å². The lowest BCUT2D eigenvalue weighted by Crippen LogP contribution is -2.02. The number of ketones is 1. The minimum absolute atomic E-state index is 0.108. The summed E-state index contributed by atoms with van der Waals surface area (Å²) < 4.78 is 0. The first kappa shape index (κ1) is 14.7. The molecule has 0 fully saturated rings. The minimum Gasteiger partial charge on any atom is -0.350 e. The SMILES string of the molecule is CS/C(=C/C(=O)c1ccccc1Cl)Nc1ccccc1. The van der Waals surface area contributed by atoms with Gasteiger partial charge < -0.3 is 5.32 Å². The van der Waals surface area contributed by atoms with Gasteiger partial charge in [-0.15, -0.1) is 11.8 Å². The molecule has 0 saturated heterocycles. The Hall–Kier alpha value is -1.71. The summed E-state index contributed by atoms with van der Waals surface area (Å²) in [7, 11) is 0. The molecule has 4 heteroatoms. The second-order valence-electron chi connectivity index (χ2n) is 4.05. The molecular weight excluding hydrogens is 290 g/mol. The van der Waals surface area contributed by atoms with E-state index in [0.29, 0.717) is 10.6 Å². The van der Waals surface area contributed by atoms with E-state index in [0.717, 1.165) is 10.7 Å². The van der Waals surface area contributed by atoms with Crippen LogP contribution in [0.25, 0.3) is 0 Å². The van der Waals surface area contributed by atoms with Crippen molar-refractivity contribution in [2.24, 2.45) is 0 Å². The third-order valence-corrected chi connectivity index (χ3v) is 3.65. The average molecular weight is 304 g/mol. The van der Waals surface area contributed by atoms with Crippen molar-refractivity contribution < 1.29 is 4.79 Å². The average Bonchev–Trinajstić information content (AvgIpc) is 2.48. The number of nitrogens with one attached hydrogen (secondary N) is 1. The van der Waals surface area contributed by atoms with Crippen LogP contribution in [0, 0.1) is 0 Å². The van der Waals surface area contributed by atoms with Gasteiger partial charge in [-0.2, -0.15) is 0 Å². The minimum atomic E-state index is -0.108. The second-order valence-corrected chi connectivity index (χ2v) is 5.30. The molecular formula is C16H14ClNOS. The number of rotatable bonds is 5. The number of allylic oxidation sites excluding steroid dienone is 1. The van der Waals surface area contributed by atoms with Crippen LogP contribution in [0.3, 0.4) is 0 Å². The van der Waals surface area contributed by atoms with Gasteiger partial charge in [-0.05, 0) is 30.5 Å². The maximum atomic E-state index is 12.2. The topological polar surface area (TPSA) is 29.1 Å². The number of halogens is 1. The Kier molecular flexibility index (Phi) is 5.27. The molecule has 2 nitrogen and oxygen atoms in total. The molecule has 20 heavy (non-hydrogen) atoms. The summed E-state index contributed by atoms with van der Waals surface area (Å²) in [5.74, 6) is -0.108. The van der Waals surface area contributed by atoms with Crippen molar-refractivity contribution in [3.8, 4) is 0 Å². The van der Waals surface area contributed by atoms with Crippen molar-refractivity contribution >= 4 is 34.8 Å². The quantitative estimate of drug-likeness (QED) is 0.633. The fraction of sp³-hybridized carbons (Fsp3) is 0.0625. The molecule has 0 aliphatic carbocycles. The molecule has 0 aromatic heterocycles. The van der Waals surface area contributed by atoms with Gasteiger partial charge in [0, 0.05) is 17.3 Å². The summed E-state index contributed by atoms with van der Waals surface area (Å²) in [4.78, 5) is 12.2. The summed E-state index contributed by atoms with van der Waals surface area (Å²) in [5, 5.41) is 4.45. The number of benzene rings is 2. The van der Waals surface area contributed by atoms with Gasteiger partial charge in [0.2, 0.25) is 0 Å². The largest absolute Gasteiger partial charge is 0.350 e. The van der Waals surface area contributed by atoms with Crippen LogP contribution in [-0.4, -0.2) is 12.0 Å². The van der Waals surface area contributed by atoms with Crippen LogP contribution in [0.15, 0.2) is 65.7 Å². The van der Waals surface area contributed by atoms with Crippen molar-refractivity contribution in [3.63, 3.8) is 0 Å². The molecule has 2 aromatic carbocycles. The van der Waals surface area contributed by atoms with Crippen molar-refractivity contribution in [2.45, 2.75) is 0 Å². The summed E-state index contributed by atoms with van der Waals surface area (Å²) in [5.41, 5.74) is 1.45. The molecule has 0 spiro atoms. The molecule has 0 bridgehead atoms. The maximum Gasteiger partial charge on any atom is 0.189 e. The zero-order valence-corrected chi connectivity index (χ0v) is 12.5. The number of anilines is 1. The van der Waals surface area contributed by atoms with Gasteiger partial charge in [0.25, 0.3) is 0 Å². The Morgan fingerprint density at radius 1 is 1.10 bits per heavy atom. The Labute approximate surface area is 127 Å². The molecule has 0 heterocycles. The highest BCUT2D eigenvalue weighted by Crippen LogP contribution is 2.20. The van der Waals surface area contributed by atoms with Crippen LogP contribution in [-0.2, 0) is 0 Å². The summed E-state index contributed by atoms with van der Waals surface area (Å²) in [6.45, 7) is 0. The summed E-state index contributed by atoms with van der Waals surface area (Å²) >= 11 is 7.51. The molecule has 0 aliphatic rings. The smallest absolute Gasteiger partial charge is 0.189 e. The van der Waals surface area contributed by atoms with Crippen molar-refractivity contribution in [1.82, 2.24) is 0 Å². The number of thioether (sulfide) groups is 1.